The largest absolute Gasteiger partial charge is 0.372 e. The summed E-state index contributed by atoms with van der Waals surface area (Å²) < 4.78 is 7.71. The van der Waals surface area contributed by atoms with Crippen LogP contribution in [0.5, 0.6) is 0 Å². The van der Waals surface area contributed by atoms with Crippen molar-refractivity contribution in [3.05, 3.63) is 63.6 Å². The zero-order valence-electron chi connectivity index (χ0n) is 15.0. The average molecular weight is 351 g/mol. The number of fused-ring (bicyclic) bond motifs is 1. The van der Waals surface area contributed by atoms with Gasteiger partial charge in [-0.15, -0.1) is 0 Å². The Morgan fingerprint density at radius 1 is 1.08 bits per heavy atom. The van der Waals surface area contributed by atoms with E-state index < -0.39 is 0 Å². The third kappa shape index (κ3) is 3.21. The number of hydrogen-bond acceptors (Lipinski definition) is 4. The van der Waals surface area contributed by atoms with Crippen LogP contribution in [0.4, 0.5) is 0 Å². The number of ether oxygens (including phenoxy) is 1. The molecule has 0 N–H and O–H groups in total. The Hall–Kier alpha value is -1.98. The Morgan fingerprint density at radius 3 is 2.77 bits per heavy atom. The summed E-state index contributed by atoms with van der Waals surface area (Å²) in [6, 6.07) is 12.2. The standard InChI is InChI=1S/C21H25N3O2/c25-21-8-7-19(17-5-6-17)22-24(21)13-15-11-23(12-15)14-20-18-4-2-1-3-16(18)9-10-26-20/h1-4,7-8,15,17,20H,5-6,9-14H2. The molecule has 3 aliphatic rings. The molecule has 1 aromatic carbocycles. The highest BCUT2D eigenvalue weighted by Gasteiger charge is 2.32. The molecule has 0 bridgehead atoms. The first-order valence-corrected chi connectivity index (χ1v) is 9.76. The summed E-state index contributed by atoms with van der Waals surface area (Å²) in [5, 5.41) is 4.59. The topological polar surface area (TPSA) is 47.4 Å². The van der Waals surface area contributed by atoms with E-state index in [1.165, 1.54) is 24.0 Å². The molecule has 5 nitrogen and oxygen atoms in total. The van der Waals surface area contributed by atoms with Gasteiger partial charge in [-0.1, -0.05) is 24.3 Å². The highest BCUT2D eigenvalue weighted by Crippen LogP contribution is 2.38. The predicted molar refractivity (Wildman–Crippen MR) is 99.2 cm³/mol. The van der Waals surface area contributed by atoms with Crippen LogP contribution >= 0.6 is 0 Å². The van der Waals surface area contributed by atoms with Gasteiger partial charge >= 0.3 is 0 Å². The van der Waals surface area contributed by atoms with E-state index in [-0.39, 0.29) is 11.7 Å². The minimum atomic E-state index is 0.0254. The molecular weight excluding hydrogens is 326 g/mol. The Morgan fingerprint density at radius 2 is 1.92 bits per heavy atom. The molecule has 1 aromatic heterocycles. The Kier molecular flexibility index (Phi) is 4.14. The number of nitrogens with zero attached hydrogens (tertiary/aromatic N) is 3. The fourth-order valence-electron chi connectivity index (χ4n) is 4.24. The molecule has 26 heavy (non-hydrogen) atoms. The lowest BCUT2D eigenvalue weighted by Crippen LogP contribution is -2.51. The van der Waals surface area contributed by atoms with Gasteiger partial charge in [0.05, 0.1) is 24.9 Å². The van der Waals surface area contributed by atoms with Crippen LogP contribution in [0.3, 0.4) is 0 Å². The molecule has 2 fully saturated rings. The summed E-state index contributed by atoms with van der Waals surface area (Å²) in [6.07, 6.45) is 3.62. The van der Waals surface area contributed by atoms with Gasteiger partial charge in [-0.2, -0.15) is 5.10 Å². The molecule has 0 amide bonds. The van der Waals surface area contributed by atoms with Crippen LogP contribution < -0.4 is 5.56 Å². The molecule has 1 aliphatic carbocycles. The minimum absolute atomic E-state index is 0.0254. The normalized spacial score (nSPS) is 23.5. The zero-order valence-corrected chi connectivity index (χ0v) is 15.0. The fourth-order valence-corrected chi connectivity index (χ4v) is 4.24. The van der Waals surface area contributed by atoms with Crippen molar-refractivity contribution in [2.75, 3.05) is 26.2 Å². The second-order valence-electron chi connectivity index (χ2n) is 7.95. The van der Waals surface area contributed by atoms with Crippen molar-refractivity contribution in [1.82, 2.24) is 14.7 Å². The van der Waals surface area contributed by atoms with E-state index in [9.17, 15) is 4.79 Å². The minimum Gasteiger partial charge on any atom is -0.372 e. The summed E-state index contributed by atoms with van der Waals surface area (Å²) in [7, 11) is 0. The van der Waals surface area contributed by atoms with Crippen molar-refractivity contribution in [2.24, 2.45) is 5.92 Å². The molecule has 1 unspecified atom stereocenters. The molecular formula is C21H25N3O2. The van der Waals surface area contributed by atoms with E-state index in [4.69, 9.17) is 4.74 Å². The first-order chi connectivity index (χ1) is 12.8. The Balaban J connectivity index is 1.19. The molecule has 0 spiro atoms. The zero-order chi connectivity index (χ0) is 17.5. The Bertz CT molecular complexity index is 852. The predicted octanol–water partition coefficient (Wildman–Crippen LogP) is 2.37. The summed E-state index contributed by atoms with van der Waals surface area (Å²) in [5.74, 6) is 1.09. The average Bonchev–Trinajstić information content (AvgIpc) is 3.47. The monoisotopic (exact) mass is 351 g/mol. The van der Waals surface area contributed by atoms with E-state index in [1.807, 2.05) is 6.07 Å². The second kappa shape index (κ2) is 6.63. The molecule has 5 heteroatoms. The van der Waals surface area contributed by atoms with E-state index in [2.05, 4.69) is 34.3 Å². The highest BCUT2D eigenvalue weighted by molar-refractivity contribution is 5.31. The van der Waals surface area contributed by atoms with Gasteiger partial charge in [0, 0.05) is 37.5 Å². The van der Waals surface area contributed by atoms with Crippen molar-refractivity contribution in [3.8, 4) is 0 Å². The molecule has 5 rings (SSSR count). The van der Waals surface area contributed by atoms with Crippen LogP contribution in [0.15, 0.2) is 41.2 Å². The molecule has 1 saturated heterocycles. The Labute approximate surface area is 153 Å². The fraction of sp³-hybridized carbons (Fsp3) is 0.524. The molecule has 2 aliphatic heterocycles. The first-order valence-electron chi connectivity index (χ1n) is 9.76. The third-order valence-electron chi connectivity index (χ3n) is 5.86. The number of aromatic nitrogens is 2. The van der Waals surface area contributed by atoms with Crippen LogP contribution in [-0.4, -0.2) is 40.9 Å². The van der Waals surface area contributed by atoms with Gasteiger partial charge in [0.25, 0.3) is 5.56 Å². The second-order valence-corrected chi connectivity index (χ2v) is 7.95. The van der Waals surface area contributed by atoms with Gasteiger partial charge in [0.15, 0.2) is 0 Å². The molecule has 2 aromatic rings. The van der Waals surface area contributed by atoms with Crippen molar-refractivity contribution in [3.63, 3.8) is 0 Å². The number of likely N-dealkylation sites (tertiary alicyclic amines) is 1. The molecule has 1 saturated carbocycles. The van der Waals surface area contributed by atoms with Gasteiger partial charge in [-0.05, 0) is 36.5 Å². The lowest BCUT2D eigenvalue weighted by Gasteiger charge is -2.42. The van der Waals surface area contributed by atoms with Gasteiger partial charge in [-0.3, -0.25) is 9.69 Å². The maximum Gasteiger partial charge on any atom is 0.266 e. The van der Waals surface area contributed by atoms with E-state index >= 15 is 0 Å². The van der Waals surface area contributed by atoms with Gasteiger partial charge in [-0.25, -0.2) is 4.68 Å². The highest BCUT2D eigenvalue weighted by atomic mass is 16.5. The third-order valence-corrected chi connectivity index (χ3v) is 5.86. The summed E-state index contributed by atoms with van der Waals surface area (Å²) in [5.41, 5.74) is 3.89. The molecule has 136 valence electrons. The van der Waals surface area contributed by atoms with E-state index in [1.54, 1.807) is 10.7 Å². The van der Waals surface area contributed by atoms with Crippen molar-refractivity contribution >= 4 is 0 Å². The smallest absolute Gasteiger partial charge is 0.266 e. The molecule has 1 atom stereocenters. The van der Waals surface area contributed by atoms with Gasteiger partial charge < -0.3 is 4.74 Å². The molecule has 0 radical (unpaired) electrons. The SMILES string of the molecule is O=c1ccc(C2CC2)nn1CC1CN(CC2OCCc3ccccc32)C1. The van der Waals surface area contributed by atoms with Crippen LogP contribution in [0.2, 0.25) is 0 Å². The van der Waals surface area contributed by atoms with Gasteiger partial charge in [0.2, 0.25) is 0 Å². The summed E-state index contributed by atoms with van der Waals surface area (Å²) >= 11 is 0. The lowest BCUT2D eigenvalue weighted by molar-refractivity contribution is -0.0177. The maximum atomic E-state index is 12.1. The van der Waals surface area contributed by atoms with Crippen LogP contribution in [0.1, 0.15) is 41.7 Å². The molecule has 3 heterocycles. The van der Waals surface area contributed by atoms with Crippen LogP contribution in [0, 0.1) is 5.92 Å². The number of rotatable bonds is 5. The summed E-state index contributed by atoms with van der Waals surface area (Å²) in [4.78, 5) is 14.5. The quantitative estimate of drug-likeness (QED) is 0.830. The number of hydrogen-bond donors (Lipinski definition) is 0. The van der Waals surface area contributed by atoms with Crippen LogP contribution in [-0.2, 0) is 17.7 Å². The lowest BCUT2D eigenvalue weighted by atomic mass is 9.94. The van der Waals surface area contributed by atoms with Crippen molar-refractivity contribution < 1.29 is 4.74 Å². The van der Waals surface area contributed by atoms with Crippen molar-refractivity contribution in [2.45, 2.75) is 37.8 Å². The van der Waals surface area contributed by atoms with Gasteiger partial charge in [0.1, 0.15) is 0 Å². The van der Waals surface area contributed by atoms with E-state index in [0.29, 0.717) is 11.8 Å². The maximum absolute atomic E-state index is 12.1. The summed E-state index contributed by atoms with van der Waals surface area (Å²) in [6.45, 7) is 4.52. The van der Waals surface area contributed by atoms with E-state index in [0.717, 1.165) is 44.9 Å². The van der Waals surface area contributed by atoms with Crippen LogP contribution in [0.25, 0.3) is 0 Å². The first kappa shape index (κ1) is 16.2. The van der Waals surface area contributed by atoms with Crippen molar-refractivity contribution in [1.29, 1.82) is 0 Å². The number of benzene rings is 1.